The fraction of sp³-hybridized carbons (Fsp3) is 0.222. The van der Waals surface area contributed by atoms with Crippen LogP contribution in [-0.4, -0.2) is 25.5 Å². The molecule has 0 aliphatic heterocycles. The molecule has 2 rings (SSSR count). The Morgan fingerprint density at radius 3 is 2.58 bits per heavy atom. The topological polar surface area (TPSA) is 67.4 Å². The molecule has 126 valence electrons. The number of anilines is 2. The van der Waals surface area contributed by atoms with Gasteiger partial charge in [0.15, 0.2) is 0 Å². The maximum atomic E-state index is 12.0. The molecule has 0 saturated heterocycles. The van der Waals surface area contributed by atoms with Crippen molar-refractivity contribution in [1.82, 2.24) is 0 Å². The summed E-state index contributed by atoms with van der Waals surface area (Å²) in [4.78, 5) is 23.7. The van der Waals surface area contributed by atoms with Gasteiger partial charge in [-0.2, -0.15) is 0 Å². The van der Waals surface area contributed by atoms with Gasteiger partial charge in [-0.3, -0.25) is 4.79 Å². The van der Waals surface area contributed by atoms with Crippen molar-refractivity contribution in [2.75, 3.05) is 24.3 Å². The number of rotatable bonds is 6. The molecule has 0 bridgehead atoms. The van der Waals surface area contributed by atoms with E-state index in [9.17, 15) is 9.59 Å². The van der Waals surface area contributed by atoms with Gasteiger partial charge in [-0.1, -0.05) is 23.7 Å². The van der Waals surface area contributed by atoms with Gasteiger partial charge in [0.25, 0.3) is 0 Å². The van der Waals surface area contributed by atoms with Crippen LogP contribution in [-0.2, 0) is 9.53 Å². The van der Waals surface area contributed by atoms with Crippen LogP contribution in [0.4, 0.5) is 11.4 Å². The lowest BCUT2D eigenvalue weighted by Crippen LogP contribution is -2.17. The van der Waals surface area contributed by atoms with E-state index < -0.39 is 5.97 Å². The van der Waals surface area contributed by atoms with Crippen molar-refractivity contribution >= 4 is 34.9 Å². The van der Waals surface area contributed by atoms with E-state index in [2.05, 4.69) is 10.6 Å². The number of carbonyl (C=O) groups is 2. The number of methoxy groups -OCH3 is 1. The first-order valence-corrected chi connectivity index (χ1v) is 7.86. The van der Waals surface area contributed by atoms with E-state index in [0.29, 0.717) is 22.8 Å². The first kappa shape index (κ1) is 17.8. The minimum atomic E-state index is -0.417. The van der Waals surface area contributed by atoms with Gasteiger partial charge >= 0.3 is 5.97 Å². The zero-order chi connectivity index (χ0) is 17.5. The molecule has 0 aliphatic carbocycles. The molecule has 0 unspecified atom stereocenters. The van der Waals surface area contributed by atoms with Crippen LogP contribution in [0.25, 0.3) is 0 Å². The summed E-state index contributed by atoms with van der Waals surface area (Å²) in [6, 6.07) is 12.3. The van der Waals surface area contributed by atoms with Gasteiger partial charge in [-0.25, -0.2) is 4.79 Å². The fourth-order valence-corrected chi connectivity index (χ4v) is 2.44. The fourth-order valence-electron chi connectivity index (χ4n) is 2.22. The number of amides is 1. The highest BCUT2D eigenvalue weighted by molar-refractivity contribution is 6.30. The summed E-state index contributed by atoms with van der Waals surface area (Å²) in [6.07, 6.45) is 0.261. The number of benzene rings is 2. The van der Waals surface area contributed by atoms with Crippen LogP contribution in [0, 0.1) is 6.92 Å². The Balaban J connectivity index is 1.90. The molecule has 2 N–H and O–H groups in total. The lowest BCUT2D eigenvalue weighted by Gasteiger charge is -2.11. The Hall–Kier alpha value is -2.53. The largest absolute Gasteiger partial charge is 0.465 e. The van der Waals surface area contributed by atoms with Crippen molar-refractivity contribution < 1.29 is 14.3 Å². The van der Waals surface area contributed by atoms with E-state index in [4.69, 9.17) is 16.3 Å². The van der Waals surface area contributed by atoms with Crippen LogP contribution in [0.1, 0.15) is 22.3 Å². The highest BCUT2D eigenvalue weighted by atomic mass is 35.5. The highest BCUT2D eigenvalue weighted by Crippen LogP contribution is 2.20. The molecular weight excluding hydrogens is 328 g/mol. The van der Waals surface area contributed by atoms with Crippen molar-refractivity contribution in [3.05, 3.63) is 58.6 Å². The van der Waals surface area contributed by atoms with Crippen molar-refractivity contribution in [3.8, 4) is 0 Å². The smallest absolute Gasteiger partial charge is 0.339 e. The third kappa shape index (κ3) is 4.73. The number of carbonyl (C=O) groups excluding carboxylic acids is 2. The average Bonchev–Trinajstić information content (AvgIpc) is 2.57. The minimum Gasteiger partial charge on any atom is -0.465 e. The highest BCUT2D eigenvalue weighted by Gasteiger charge is 2.11. The van der Waals surface area contributed by atoms with Crippen LogP contribution in [0.15, 0.2) is 42.5 Å². The lowest BCUT2D eigenvalue weighted by molar-refractivity contribution is -0.115. The molecule has 0 heterocycles. The van der Waals surface area contributed by atoms with Gasteiger partial charge in [0, 0.05) is 29.4 Å². The Morgan fingerprint density at radius 1 is 1.12 bits per heavy atom. The molecule has 0 aliphatic rings. The zero-order valence-electron chi connectivity index (χ0n) is 13.6. The van der Waals surface area contributed by atoms with E-state index in [1.165, 1.54) is 7.11 Å². The molecule has 0 aromatic heterocycles. The average molecular weight is 347 g/mol. The normalized spacial score (nSPS) is 10.1. The van der Waals surface area contributed by atoms with Crippen LogP contribution in [0.2, 0.25) is 5.02 Å². The first-order valence-electron chi connectivity index (χ1n) is 7.48. The Morgan fingerprint density at radius 2 is 1.88 bits per heavy atom. The minimum absolute atomic E-state index is 0.122. The van der Waals surface area contributed by atoms with Crippen LogP contribution >= 0.6 is 11.6 Å². The Labute approximate surface area is 146 Å². The van der Waals surface area contributed by atoms with E-state index in [1.807, 2.05) is 13.0 Å². The predicted molar refractivity (Wildman–Crippen MR) is 95.7 cm³/mol. The second kappa shape index (κ2) is 8.36. The van der Waals surface area contributed by atoms with Crippen LogP contribution in [0.3, 0.4) is 0 Å². The second-order valence-electron chi connectivity index (χ2n) is 5.22. The number of para-hydroxylation sites is 1. The van der Waals surface area contributed by atoms with Gasteiger partial charge in [0.05, 0.1) is 12.7 Å². The maximum absolute atomic E-state index is 12.0. The third-order valence-corrected chi connectivity index (χ3v) is 3.70. The van der Waals surface area contributed by atoms with Gasteiger partial charge in [0.2, 0.25) is 5.91 Å². The predicted octanol–water partition coefficient (Wildman–Crippen LogP) is 3.88. The summed E-state index contributed by atoms with van der Waals surface area (Å²) < 4.78 is 4.74. The van der Waals surface area contributed by atoms with E-state index in [0.717, 1.165) is 11.3 Å². The van der Waals surface area contributed by atoms with Crippen molar-refractivity contribution in [2.24, 2.45) is 0 Å². The number of ether oxygens (including phenoxy) is 1. The quantitative estimate of drug-likeness (QED) is 0.779. The zero-order valence-corrected chi connectivity index (χ0v) is 14.3. The van der Waals surface area contributed by atoms with Crippen molar-refractivity contribution in [3.63, 3.8) is 0 Å². The molecule has 0 saturated carbocycles. The first-order chi connectivity index (χ1) is 11.5. The molecule has 0 radical (unpaired) electrons. The number of esters is 1. The Bertz CT molecular complexity index is 747. The molecular formula is C18H19ClN2O3. The van der Waals surface area contributed by atoms with Gasteiger partial charge in [0.1, 0.15) is 0 Å². The van der Waals surface area contributed by atoms with E-state index in [-0.39, 0.29) is 12.3 Å². The number of hydrogen-bond donors (Lipinski definition) is 2. The third-order valence-electron chi connectivity index (χ3n) is 3.46. The van der Waals surface area contributed by atoms with Crippen molar-refractivity contribution in [1.29, 1.82) is 0 Å². The summed E-state index contributed by atoms with van der Waals surface area (Å²) in [5.41, 5.74) is 2.72. The molecule has 2 aromatic carbocycles. The molecule has 24 heavy (non-hydrogen) atoms. The van der Waals surface area contributed by atoms with E-state index >= 15 is 0 Å². The molecule has 0 spiro atoms. The summed E-state index contributed by atoms with van der Waals surface area (Å²) >= 11 is 5.90. The van der Waals surface area contributed by atoms with Crippen molar-refractivity contribution in [2.45, 2.75) is 13.3 Å². The molecule has 1 amide bonds. The number of halogens is 1. The van der Waals surface area contributed by atoms with E-state index in [1.54, 1.807) is 36.4 Å². The summed E-state index contributed by atoms with van der Waals surface area (Å²) in [6.45, 7) is 2.28. The van der Waals surface area contributed by atoms with Gasteiger partial charge in [-0.05, 0) is 42.8 Å². The van der Waals surface area contributed by atoms with Crippen LogP contribution < -0.4 is 10.6 Å². The monoisotopic (exact) mass is 346 g/mol. The summed E-state index contributed by atoms with van der Waals surface area (Å²) in [7, 11) is 1.33. The van der Waals surface area contributed by atoms with Gasteiger partial charge < -0.3 is 15.4 Å². The standard InChI is InChI=1S/C18H19ClN2O3/c1-12-11-13(19)7-8-15(12)21-17(22)9-10-20-16-6-4-3-5-14(16)18(23)24-2/h3-8,11,20H,9-10H2,1-2H3,(H,21,22). The molecule has 0 fully saturated rings. The molecule has 2 aromatic rings. The number of nitrogens with one attached hydrogen (secondary N) is 2. The molecule has 5 nitrogen and oxygen atoms in total. The maximum Gasteiger partial charge on any atom is 0.339 e. The second-order valence-corrected chi connectivity index (χ2v) is 5.66. The molecule has 6 heteroatoms. The van der Waals surface area contributed by atoms with Gasteiger partial charge in [-0.15, -0.1) is 0 Å². The Kier molecular flexibility index (Phi) is 6.21. The number of hydrogen-bond acceptors (Lipinski definition) is 4. The summed E-state index contributed by atoms with van der Waals surface area (Å²) in [5, 5.41) is 6.56. The van der Waals surface area contributed by atoms with Crippen LogP contribution in [0.5, 0.6) is 0 Å². The SMILES string of the molecule is COC(=O)c1ccccc1NCCC(=O)Nc1ccc(Cl)cc1C. The number of aryl methyl sites for hydroxylation is 1. The molecule has 0 atom stereocenters. The lowest BCUT2D eigenvalue weighted by atomic mass is 10.1. The summed E-state index contributed by atoms with van der Waals surface area (Å²) in [5.74, 6) is -0.539.